The van der Waals surface area contributed by atoms with Gasteiger partial charge in [-0.1, -0.05) is 37.6 Å². The lowest BCUT2D eigenvalue weighted by Gasteiger charge is -2.09. The molecule has 0 radical (unpaired) electrons. The molecule has 0 saturated heterocycles. The molecule has 0 bridgehead atoms. The number of hydrogen-bond acceptors (Lipinski definition) is 2. The number of alkyl halides is 1. The summed E-state index contributed by atoms with van der Waals surface area (Å²) in [6.45, 7) is 4.31. The first-order valence-corrected chi connectivity index (χ1v) is 6.99. The van der Waals surface area contributed by atoms with E-state index < -0.39 is 0 Å². The van der Waals surface area contributed by atoms with Crippen molar-refractivity contribution in [2.75, 3.05) is 0 Å². The van der Waals surface area contributed by atoms with Gasteiger partial charge >= 0.3 is 0 Å². The van der Waals surface area contributed by atoms with Crippen LogP contribution in [0.1, 0.15) is 30.9 Å². The van der Waals surface area contributed by atoms with Crippen molar-refractivity contribution < 1.29 is 4.74 Å². The lowest BCUT2D eigenvalue weighted by Crippen LogP contribution is -1.92. The van der Waals surface area contributed by atoms with E-state index in [0.717, 1.165) is 11.3 Å². The van der Waals surface area contributed by atoms with E-state index in [9.17, 15) is 0 Å². The Bertz CT molecular complexity index is 553. The molecule has 1 aromatic carbocycles. The van der Waals surface area contributed by atoms with E-state index in [0.29, 0.717) is 22.7 Å². The van der Waals surface area contributed by atoms with Crippen molar-refractivity contribution in [1.82, 2.24) is 4.98 Å². The lowest BCUT2D eigenvalue weighted by atomic mass is 10.0. The van der Waals surface area contributed by atoms with E-state index in [1.165, 1.54) is 5.56 Å². The normalized spacial score (nSPS) is 10.8. The van der Waals surface area contributed by atoms with Crippen molar-refractivity contribution in [3.8, 4) is 11.6 Å². The van der Waals surface area contributed by atoms with Crippen LogP contribution >= 0.6 is 23.2 Å². The van der Waals surface area contributed by atoms with Gasteiger partial charge in [0.2, 0.25) is 5.88 Å². The molecule has 2 rings (SSSR count). The van der Waals surface area contributed by atoms with Gasteiger partial charge < -0.3 is 4.74 Å². The molecule has 0 aliphatic heterocycles. The van der Waals surface area contributed by atoms with Gasteiger partial charge in [-0.05, 0) is 29.2 Å². The molecular formula is C15H15Cl2NO. The smallest absolute Gasteiger partial charge is 0.219 e. The van der Waals surface area contributed by atoms with Crippen LogP contribution in [-0.2, 0) is 5.88 Å². The number of halogens is 2. The Balaban J connectivity index is 2.16. The molecule has 0 saturated carbocycles. The molecule has 0 amide bonds. The quantitative estimate of drug-likeness (QED) is 0.706. The van der Waals surface area contributed by atoms with Crippen LogP contribution in [0.25, 0.3) is 0 Å². The van der Waals surface area contributed by atoms with E-state index in [1.807, 2.05) is 12.1 Å². The highest BCUT2D eigenvalue weighted by Gasteiger charge is 2.05. The molecule has 0 N–H and O–H groups in total. The minimum absolute atomic E-state index is 0.337. The fraction of sp³-hybridized carbons (Fsp3) is 0.267. The van der Waals surface area contributed by atoms with Crippen molar-refractivity contribution in [1.29, 1.82) is 0 Å². The van der Waals surface area contributed by atoms with Gasteiger partial charge in [-0.15, -0.1) is 11.6 Å². The van der Waals surface area contributed by atoms with Crippen LogP contribution in [0.3, 0.4) is 0 Å². The molecule has 0 fully saturated rings. The third-order valence-electron chi connectivity index (χ3n) is 2.82. The number of hydrogen-bond donors (Lipinski definition) is 0. The predicted molar refractivity (Wildman–Crippen MR) is 79.4 cm³/mol. The van der Waals surface area contributed by atoms with E-state index >= 15 is 0 Å². The molecule has 2 aromatic rings. The number of ether oxygens (including phenoxy) is 1. The fourth-order valence-electron chi connectivity index (χ4n) is 1.66. The van der Waals surface area contributed by atoms with Crippen molar-refractivity contribution in [3.63, 3.8) is 0 Å². The minimum atomic E-state index is 0.337. The maximum atomic E-state index is 5.95. The molecule has 0 aliphatic carbocycles. The zero-order valence-corrected chi connectivity index (χ0v) is 12.4. The topological polar surface area (TPSA) is 22.1 Å². The van der Waals surface area contributed by atoms with E-state index in [-0.39, 0.29) is 0 Å². The molecule has 19 heavy (non-hydrogen) atoms. The third-order valence-corrected chi connectivity index (χ3v) is 3.45. The maximum absolute atomic E-state index is 5.95. The highest BCUT2D eigenvalue weighted by atomic mass is 35.5. The number of rotatable bonds is 4. The van der Waals surface area contributed by atoms with Gasteiger partial charge in [0.05, 0.1) is 5.02 Å². The summed E-state index contributed by atoms with van der Waals surface area (Å²) in [5, 5.41) is 0.553. The molecule has 1 heterocycles. The Morgan fingerprint density at radius 3 is 2.47 bits per heavy atom. The van der Waals surface area contributed by atoms with Gasteiger partial charge in [0.25, 0.3) is 0 Å². The second-order valence-electron chi connectivity index (χ2n) is 4.57. The number of benzene rings is 1. The van der Waals surface area contributed by atoms with Gasteiger partial charge in [0.15, 0.2) is 0 Å². The largest absolute Gasteiger partial charge is 0.439 e. The Morgan fingerprint density at radius 1 is 1.21 bits per heavy atom. The highest BCUT2D eigenvalue weighted by molar-refractivity contribution is 6.32. The molecule has 0 atom stereocenters. The minimum Gasteiger partial charge on any atom is -0.439 e. The summed E-state index contributed by atoms with van der Waals surface area (Å²) < 4.78 is 5.68. The molecule has 100 valence electrons. The SMILES string of the molecule is CC(C)c1ccc(Oc2cc(CCl)c(Cl)cn2)cc1. The highest BCUT2D eigenvalue weighted by Crippen LogP contribution is 2.26. The summed E-state index contributed by atoms with van der Waals surface area (Å²) in [6, 6.07) is 9.74. The summed E-state index contributed by atoms with van der Waals surface area (Å²) in [5.74, 6) is 2.09. The molecule has 0 unspecified atom stereocenters. The zero-order chi connectivity index (χ0) is 13.8. The average molecular weight is 296 g/mol. The summed E-state index contributed by atoms with van der Waals surface area (Å²) in [6.07, 6.45) is 1.55. The molecule has 2 nitrogen and oxygen atoms in total. The monoisotopic (exact) mass is 295 g/mol. The maximum Gasteiger partial charge on any atom is 0.219 e. The van der Waals surface area contributed by atoms with Crippen molar-refractivity contribution in [3.05, 3.63) is 52.7 Å². The first-order chi connectivity index (χ1) is 9.10. The van der Waals surface area contributed by atoms with Gasteiger partial charge in [0.1, 0.15) is 5.75 Å². The number of aromatic nitrogens is 1. The summed E-state index contributed by atoms with van der Waals surface area (Å²) in [4.78, 5) is 4.13. The summed E-state index contributed by atoms with van der Waals surface area (Å²) in [7, 11) is 0. The first-order valence-electron chi connectivity index (χ1n) is 6.08. The van der Waals surface area contributed by atoms with Crippen LogP contribution in [0, 0.1) is 0 Å². The lowest BCUT2D eigenvalue weighted by molar-refractivity contribution is 0.462. The van der Waals surface area contributed by atoms with Crippen LogP contribution < -0.4 is 4.74 Å². The molecule has 0 aliphatic rings. The van der Waals surface area contributed by atoms with E-state index in [4.69, 9.17) is 27.9 Å². The van der Waals surface area contributed by atoms with Gasteiger partial charge in [-0.3, -0.25) is 0 Å². The molecule has 1 aromatic heterocycles. The second-order valence-corrected chi connectivity index (χ2v) is 5.25. The summed E-state index contributed by atoms with van der Waals surface area (Å²) >= 11 is 11.7. The van der Waals surface area contributed by atoms with E-state index in [2.05, 4.69) is 31.0 Å². The Kier molecular flexibility index (Phi) is 4.67. The summed E-state index contributed by atoms with van der Waals surface area (Å²) in [5.41, 5.74) is 2.09. The van der Waals surface area contributed by atoms with Crippen LogP contribution in [0.15, 0.2) is 36.5 Å². The van der Waals surface area contributed by atoms with Crippen molar-refractivity contribution in [2.45, 2.75) is 25.6 Å². The van der Waals surface area contributed by atoms with Crippen LogP contribution in [0.2, 0.25) is 5.02 Å². The molecular weight excluding hydrogens is 281 g/mol. The van der Waals surface area contributed by atoms with Crippen molar-refractivity contribution in [2.24, 2.45) is 0 Å². The zero-order valence-electron chi connectivity index (χ0n) is 10.9. The van der Waals surface area contributed by atoms with Crippen LogP contribution in [0.5, 0.6) is 11.6 Å². The molecule has 0 spiro atoms. The Morgan fingerprint density at radius 2 is 1.89 bits per heavy atom. The number of nitrogens with zero attached hydrogens (tertiary/aromatic N) is 1. The third kappa shape index (κ3) is 3.62. The second kappa shape index (κ2) is 6.27. The number of pyridine rings is 1. The Hall–Kier alpha value is -1.25. The molecule has 4 heteroatoms. The van der Waals surface area contributed by atoms with Crippen LogP contribution in [0.4, 0.5) is 0 Å². The average Bonchev–Trinajstić information content (AvgIpc) is 2.41. The van der Waals surface area contributed by atoms with Crippen molar-refractivity contribution >= 4 is 23.2 Å². The van der Waals surface area contributed by atoms with E-state index in [1.54, 1.807) is 12.3 Å². The first kappa shape index (κ1) is 14.2. The fourth-order valence-corrected chi connectivity index (χ4v) is 2.12. The van der Waals surface area contributed by atoms with Gasteiger partial charge in [-0.2, -0.15) is 0 Å². The predicted octanol–water partition coefficient (Wildman–Crippen LogP) is 5.39. The van der Waals surface area contributed by atoms with Gasteiger partial charge in [0, 0.05) is 18.1 Å². The van der Waals surface area contributed by atoms with Crippen LogP contribution in [-0.4, -0.2) is 4.98 Å². The Labute approximate surface area is 123 Å². The van der Waals surface area contributed by atoms with Gasteiger partial charge in [-0.25, -0.2) is 4.98 Å². The standard InChI is InChI=1S/C15H15Cl2NO/c1-10(2)11-3-5-13(6-4-11)19-15-7-12(8-16)14(17)9-18-15/h3-7,9-10H,8H2,1-2H3.